The van der Waals surface area contributed by atoms with Gasteiger partial charge in [0.2, 0.25) is 0 Å². The van der Waals surface area contributed by atoms with Crippen LogP contribution in [0.5, 0.6) is 0 Å². The molecule has 0 unspecified atom stereocenters. The predicted molar refractivity (Wildman–Crippen MR) is 59.5 cm³/mol. The van der Waals surface area contributed by atoms with Gasteiger partial charge in [-0.3, -0.25) is 4.79 Å². The van der Waals surface area contributed by atoms with E-state index < -0.39 is 0 Å². The van der Waals surface area contributed by atoms with Gasteiger partial charge in [-0.15, -0.1) is 12.4 Å². The highest BCUT2D eigenvalue weighted by molar-refractivity contribution is 9.10. The molecule has 0 aromatic heterocycles. The quantitative estimate of drug-likeness (QED) is 0.833. The van der Waals surface area contributed by atoms with Crippen molar-refractivity contribution in [3.05, 3.63) is 33.8 Å². The van der Waals surface area contributed by atoms with Crippen molar-refractivity contribution in [2.75, 3.05) is 6.54 Å². The zero-order valence-corrected chi connectivity index (χ0v) is 9.61. The molecule has 0 aliphatic carbocycles. The maximum Gasteiger partial charge on any atom is 0.176 e. The first kappa shape index (κ1) is 12.6. The van der Waals surface area contributed by atoms with E-state index in [-0.39, 0.29) is 24.7 Å². The molecule has 0 aliphatic heterocycles. The first-order valence-electron chi connectivity index (χ1n) is 3.64. The van der Waals surface area contributed by atoms with Gasteiger partial charge in [0, 0.05) is 10.0 Å². The normalized spacial score (nSPS) is 9.15. The number of hydrogen-bond acceptors (Lipinski definition) is 2. The maximum atomic E-state index is 11.2. The molecule has 0 spiro atoms. The molecule has 0 amide bonds. The molecule has 1 rings (SSSR count). The summed E-state index contributed by atoms with van der Waals surface area (Å²) in [6.07, 6.45) is 0. The fourth-order valence-corrected chi connectivity index (χ4v) is 1.53. The lowest BCUT2D eigenvalue weighted by atomic mass is 10.1. The number of hydrogen-bond donors (Lipinski definition) is 1. The first-order chi connectivity index (χ1) is 5.65. The molecule has 0 aliphatic rings. The van der Waals surface area contributed by atoms with Gasteiger partial charge in [0.25, 0.3) is 0 Å². The zero-order chi connectivity index (χ0) is 9.14. The Morgan fingerprint density at radius 2 is 2.15 bits per heavy atom. The van der Waals surface area contributed by atoms with Crippen molar-refractivity contribution in [2.24, 2.45) is 5.73 Å². The van der Waals surface area contributed by atoms with Gasteiger partial charge in [0.05, 0.1) is 6.54 Å². The van der Waals surface area contributed by atoms with Crippen molar-refractivity contribution in [1.82, 2.24) is 0 Å². The molecule has 4 heteroatoms. The molecule has 0 fully saturated rings. The molecule has 2 N–H and O–H groups in total. The summed E-state index contributed by atoms with van der Waals surface area (Å²) < 4.78 is 0.980. The summed E-state index contributed by atoms with van der Waals surface area (Å²) in [5.74, 6) is -0.0139. The van der Waals surface area contributed by atoms with E-state index >= 15 is 0 Å². The van der Waals surface area contributed by atoms with E-state index in [1.807, 2.05) is 19.1 Å². The van der Waals surface area contributed by atoms with Crippen molar-refractivity contribution >= 4 is 34.1 Å². The first-order valence-corrected chi connectivity index (χ1v) is 4.44. The molecule has 0 heterocycles. The van der Waals surface area contributed by atoms with E-state index in [1.165, 1.54) is 0 Å². The minimum atomic E-state index is -0.0139. The summed E-state index contributed by atoms with van der Waals surface area (Å²) in [7, 11) is 0. The van der Waals surface area contributed by atoms with Crippen LogP contribution < -0.4 is 5.73 Å². The Labute approximate surface area is 92.0 Å². The van der Waals surface area contributed by atoms with Crippen LogP contribution in [-0.4, -0.2) is 12.3 Å². The topological polar surface area (TPSA) is 43.1 Å². The standard InChI is InChI=1S/C9H10BrNO.ClH/c1-6-4-7(10)2-3-8(6)9(12)5-11;/h2-4H,5,11H2,1H3;1H. The van der Waals surface area contributed by atoms with E-state index in [9.17, 15) is 4.79 Å². The average molecular weight is 265 g/mol. The predicted octanol–water partition coefficient (Wildman–Crippen LogP) is 2.32. The molecule has 72 valence electrons. The summed E-state index contributed by atoms with van der Waals surface area (Å²) in [4.78, 5) is 11.2. The number of carbonyl (C=O) groups excluding carboxylic acids is 1. The lowest BCUT2D eigenvalue weighted by molar-refractivity contribution is 0.100. The molecule has 0 atom stereocenters. The smallest absolute Gasteiger partial charge is 0.176 e. The zero-order valence-electron chi connectivity index (χ0n) is 7.21. The van der Waals surface area contributed by atoms with Crippen molar-refractivity contribution in [2.45, 2.75) is 6.92 Å². The van der Waals surface area contributed by atoms with Crippen LogP contribution in [0.15, 0.2) is 22.7 Å². The summed E-state index contributed by atoms with van der Waals surface area (Å²) in [5, 5.41) is 0. The van der Waals surface area contributed by atoms with Crippen LogP contribution in [0.1, 0.15) is 15.9 Å². The van der Waals surface area contributed by atoms with Crippen LogP contribution in [0.4, 0.5) is 0 Å². The molecule has 2 nitrogen and oxygen atoms in total. The van der Waals surface area contributed by atoms with E-state index in [1.54, 1.807) is 6.07 Å². The summed E-state index contributed by atoms with van der Waals surface area (Å²) in [6, 6.07) is 5.54. The molecule has 0 saturated heterocycles. The Bertz CT molecular complexity index is 314. The van der Waals surface area contributed by atoms with Gasteiger partial charge in [-0.25, -0.2) is 0 Å². The Morgan fingerprint density at radius 3 is 2.62 bits per heavy atom. The Hall–Kier alpha value is -0.380. The van der Waals surface area contributed by atoms with Gasteiger partial charge in [-0.05, 0) is 30.7 Å². The highest BCUT2D eigenvalue weighted by Crippen LogP contribution is 2.15. The summed E-state index contributed by atoms with van der Waals surface area (Å²) in [5.41, 5.74) is 6.92. The molecular weight excluding hydrogens is 253 g/mol. The number of benzene rings is 1. The number of Topliss-reactive ketones (excluding diaryl/α,β-unsaturated/α-hetero) is 1. The van der Waals surface area contributed by atoms with E-state index in [2.05, 4.69) is 15.9 Å². The molecule has 0 radical (unpaired) electrons. The van der Waals surface area contributed by atoms with Crippen LogP contribution >= 0.6 is 28.3 Å². The average Bonchev–Trinajstić information content (AvgIpc) is 2.03. The van der Waals surface area contributed by atoms with Gasteiger partial charge in [-0.2, -0.15) is 0 Å². The maximum absolute atomic E-state index is 11.2. The number of nitrogens with two attached hydrogens (primary N) is 1. The van der Waals surface area contributed by atoms with E-state index in [0.29, 0.717) is 5.56 Å². The van der Waals surface area contributed by atoms with Crippen LogP contribution in [0, 0.1) is 6.92 Å². The number of aryl methyl sites for hydroxylation is 1. The fraction of sp³-hybridized carbons (Fsp3) is 0.222. The van der Waals surface area contributed by atoms with Crippen molar-refractivity contribution in [3.63, 3.8) is 0 Å². The second-order valence-electron chi connectivity index (χ2n) is 2.59. The van der Waals surface area contributed by atoms with Crippen LogP contribution in [-0.2, 0) is 0 Å². The van der Waals surface area contributed by atoms with E-state index in [0.717, 1.165) is 10.0 Å². The second-order valence-corrected chi connectivity index (χ2v) is 3.50. The fourth-order valence-electron chi connectivity index (χ4n) is 1.05. The molecule has 13 heavy (non-hydrogen) atoms. The lowest BCUT2D eigenvalue weighted by Crippen LogP contribution is -2.14. The van der Waals surface area contributed by atoms with Gasteiger partial charge < -0.3 is 5.73 Å². The minimum Gasteiger partial charge on any atom is -0.324 e. The van der Waals surface area contributed by atoms with Gasteiger partial charge in [-0.1, -0.05) is 15.9 Å². The number of rotatable bonds is 2. The number of carbonyl (C=O) groups is 1. The lowest BCUT2D eigenvalue weighted by Gasteiger charge is -2.02. The molecule has 1 aromatic rings. The third-order valence-corrected chi connectivity index (χ3v) is 2.17. The highest BCUT2D eigenvalue weighted by Gasteiger charge is 2.05. The number of ketones is 1. The van der Waals surface area contributed by atoms with Gasteiger partial charge in [0.1, 0.15) is 0 Å². The number of halogens is 2. The molecule has 1 aromatic carbocycles. The third kappa shape index (κ3) is 3.10. The van der Waals surface area contributed by atoms with Gasteiger partial charge in [0.15, 0.2) is 5.78 Å². The van der Waals surface area contributed by atoms with Crippen molar-refractivity contribution in [3.8, 4) is 0 Å². The summed E-state index contributed by atoms with van der Waals surface area (Å²) >= 11 is 3.32. The monoisotopic (exact) mass is 263 g/mol. The second kappa shape index (κ2) is 5.37. The third-order valence-electron chi connectivity index (χ3n) is 1.67. The van der Waals surface area contributed by atoms with Crippen LogP contribution in [0.3, 0.4) is 0 Å². The SMILES string of the molecule is Cc1cc(Br)ccc1C(=O)CN.Cl. The Morgan fingerprint density at radius 1 is 1.54 bits per heavy atom. The van der Waals surface area contributed by atoms with E-state index in [4.69, 9.17) is 5.73 Å². The molecular formula is C9H11BrClNO. The highest BCUT2D eigenvalue weighted by atomic mass is 79.9. The molecule has 0 bridgehead atoms. The van der Waals surface area contributed by atoms with Crippen molar-refractivity contribution in [1.29, 1.82) is 0 Å². The largest absolute Gasteiger partial charge is 0.324 e. The Balaban J connectivity index is 0.00000144. The molecule has 0 saturated carbocycles. The minimum absolute atomic E-state index is 0. The summed E-state index contributed by atoms with van der Waals surface area (Å²) in [6.45, 7) is 1.97. The van der Waals surface area contributed by atoms with Crippen LogP contribution in [0.2, 0.25) is 0 Å². The Kier molecular flexibility index (Phi) is 5.21. The van der Waals surface area contributed by atoms with Crippen molar-refractivity contribution < 1.29 is 4.79 Å². The van der Waals surface area contributed by atoms with Gasteiger partial charge >= 0.3 is 0 Å². The van der Waals surface area contributed by atoms with Crippen LogP contribution in [0.25, 0.3) is 0 Å².